The Labute approximate surface area is 121 Å². The number of hydrogen-bond acceptors (Lipinski definition) is 4. The SMILES string of the molecule is CNc1nc(-c2csc(Br)c2)nc2ccc(F)cc12. The average molecular weight is 338 g/mol. The van der Waals surface area contributed by atoms with Crippen LogP contribution in [0.3, 0.4) is 0 Å². The molecule has 0 amide bonds. The van der Waals surface area contributed by atoms with Crippen molar-refractivity contribution in [3.05, 3.63) is 39.2 Å². The monoisotopic (exact) mass is 337 g/mol. The number of aromatic nitrogens is 2. The van der Waals surface area contributed by atoms with E-state index in [0.29, 0.717) is 17.0 Å². The Hall–Kier alpha value is -1.53. The largest absolute Gasteiger partial charge is 0.373 e. The molecule has 0 spiro atoms. The molecule has 0 radical (unpaired) electrons. The van der Waals surface area contributed by atoms with Crippen LogP contribution in [0.25, 0.3) is 22.3 Å². The van der Waals surface area contributed by atoms with E-state index in [4.69, 9.17) is 0 Å². The Kier molecular flexibility index (Phi) is 3.20. The van der Waals surface area contributed by atoms with Crippen LogP contribution in [0.5, 0.6) is 0 Å². The fraction of sp³-hybridized carbons (Fsp3) is 0.0769. The first kappa shape index (κ1) is 12.5. The molecule has 1 aromatic carbocycles. The minimum Gasteiger partial charge on any atom is -0.373 e. The van der Waals surface area contributed by atoms with Crippen LogP contribution in [0.15, 0.2) is 33.4 Å². The topological polar surface area (TPSA) is 37.8 Å². The number of anilines is 1. The third kappa shape index (κ3) is 2.33. The molecule has 0 atom stereocenters. The first-order chi connectivity index (χ1) is 9.17. The minimum absolute atomic E-state index is 0.293. The highest BCUT2D eigenvalue weighted by molar-refractivity contribution is 9.11. The van der Waals surface area contributed by atoms with E-state index in [0.717, 1.165) is 14.9 Å². The molecule has 3 rings (SSSR count). The van der Waals surface area contributed by atoms with Crippen molar-refractivity contribution >= 4 is 44.0 Å². The van der Waals surface area contributed by atoms with E-state index < -0.39 is 0 Å². The van der Waals surface area contributed by atoms with Crippen molar-refractivity contribution in [2.45, 2.75) is 0 Å². The van der Waals surface area contributed by atoms with Crippen molar-refractivity contribution in [3.8, 4) is 11.4 Å². The predicted molar refractivity (Wildman–Crippen MR) is 80.1 cm³/mol. The van der Waals surface area contributed by atoms with Gasteiger partial charge in [-0.15, -0.1) is 11.3 Å². The summed E-state index contributed by atoms with van der Waals surface area (Å²) in [6.45, 7) is 0. The molecule has 0 bridgehead atoms. The van der Waals surface area contributed by atoms with Gasteiger partial charge in [0.1, 0.15) is 11.6 Å². The van der Waals surface area contributed by atoms with Gasteiger partial charge in [-0.2, -0.15) is 0 Å². The fourth-order valence-electron chi connectivity index (χ4n) is 1.85. The van der Waals surface area contributed by atoms with Crippen molar-refractivity contribution in [2.24, 2.45) is 0 Å². The van der Waals surface area contributed by atoms with Gasteiger partial charge >= 0.3 is 0 Å². The number of rotatable bonds is 2. The van der Waals surface area contributed by atoms with Gasteiger partial charge in [0.2, 0.25) is 0 Å². The summed E-state index contributed by atoms with van der Waals surface area (Å²) in [5.41, 5.74) is 1.66. The number of hydrogen-bond donors (Lipinski definition) is 1. The molecule has 0 fully saturated rings. The van der Waals surface area contributed by atoms with Crippen molar-refractivity contribution < 1.29 is 4.39 Å². The normalized spacial score (nSPS) is 10.9. The van der Waals surface area contributed by atoms with E-state index in [1.54, 1.807) is 24.5 Å². The second-order valence-corrected chi connectivity index (χ2v) is 6.24. The van der Waals surface area contributed by atoms with Crippen LogP contribution < -0.4 is 5.32 Å². The molecule has 6 heteroatoms. The summed E-state index contributed by atoms with van der Waals surface area (Å²) in [7, 11) is 1.76. The Morgan fingerprint density at radius 2 is 2.11 bits per heavy atom. The number of benzene rings is 1. The lowest BCUT2D eigenvalue weighted by Crippen LogP contribution is -1.98. The molecule has 0 saturated carbocycles. The zero-order valence-electron chi connectivity index (χ0n) is 9.95. The van der Waals surface area contributed by atoms with E-state index in [-0.39, 0.29) is 5.82 Å². The molecule has 3 nitrogen and oxygen atoms in total. The lowest BCUT2D eigenvalue weighted by molar-refractivity contribution is 0.629. The molecule has 3 aromatic rings. The number of fused-ring (bicyclic) bond motifs is 1. The molecule has 0 aliphatic rings. The summed E-state index contributed by atoms with van der Waals surface area (Å²) in [6, 6.07) is 6.48. The number of thiophene rings is 1. The molecule has 0 saturated heterocycles. The van der Waals surface area contributed by atoms with E-state index in [1.807, 2.05) is 11.4 Å². The molecule has 0 aliphatic carbocycles. The Morgan fingerprint density at radius 1 is 1.26 bits per heavy atom. The first-order valence-electron chi connectivity index (χ1n) is 5.57. The van der Waals surface area contributed by atoms with Crippen LogP contribution in [-0.2, 0) is 0 Å². The summed E-state index contributed by atoms with van der Waals surface area (Å²) in [4.78, 5) is 8.92. The maximum atomic E-state index is 13.3. The quantitative estimate of drug-likeness (QED) is 0.757. The van der Waals surface area contributed by atoms with Gasteiger partial charge in [0.05, 0.1) is 9.30 Å². The van der Waals surface area contributed by atoms with Gasteiger partial charge in [-0.25, -0.2) is 14.4 Å². The predicted octanol–water partition coefficient (Wildman–Crippen LogP) is 4.30. The van der Waals surface area contributed by atoms with Gasteiger partial charge in [-0.3, -0.25) is 0 Å². The lowest BCUT2D eigenvalue weighted by Gasteiger charge is -2.07. The maximum absolute atomic E-state index is 13.3. The molecule has 19 heavy (non-hydrogen) atoms. The first-order valence-corrected chi connectivity index (χ1v) is 7.24. The van der Waals surface area contributed by atoms with Crippen LogP contribution in [0.1, 0.15) is 0 Å². The summed E-state index contributed by atoms with van der Waals surface area (Å²) >= 11 is 5.00. The van der Waals surface area contributed by atoms with Gasteiger partial charge in [0, 0.05) is 23.4 Å². The highest BCUT2D eigenvalue weighted by Crippen LogP contribution is 2.30. The van der Waals surface area contributed by atoms with Crippen molar-refractivity contribution in [3.63, 3.8) is 0 Å². The molecular formula is C13H9BrFN3S. The molecule has 0 aliphatic heterocycles. The summed E-state index contributed by atoms with van der Waals surface area (Å²) in [6.07, 6.45) is 0. The fourth-order valence-corrected chi connectivity index (χ4v) is 2.98. The van der Waals surface area contributed by atoms with Gasteiger partial charge in [0.15, 0.2) is 5.82 Å². The average Bonchev–Trinajstić information content (AvgIpc) is 2.84. The summed E-state index contributed by atoms with van der Waals surface area (Å²) in [5, 5.41) is 5.65. The molecule has 2 aromatic heterocycles. The smallest absolute Gasteiger partial charge is 0.163 e. The number of nitrogens with zero attached hydrogens (tertiary/aromatic N) is 2. The van der Waals surface area contributed by atoms with E-state index in [2.05, 4.69) is 31.2 Å². The van der Waals surface area contributed by atoms with Crippen LogP contribution >= 0.6 is 27.3 Å². The molecular weight excluding hydrogens is 329 g/mol. The standard InChI is InChI=1S/C13H9BrFN3S/c1-16-13-9-5-8(15)2-3-10(9)17-12(18-13)7-4-11(14)19-6-7/h2-6H,1H3,(H,16,17,18). The number of nitrogens with one attached hydrogen (secondary N) is 1. The Balaban J connectivity index is 2.25. The van der Waals surface area contributed by atoms with E-state index >= 15 is 0 Å². The van der Waals surface area contributed by atoms with Gasteiger partial charge in [0.25, 0.3) is 0 Å². The second kappa shape index (κ2) is 4.86. The van der Waals surface area contributed by atoms with Crippen molar-refractivity contribution in [1.82, 2.24) is 9.97 Å². The van der Waals surface area contributed by atoms with Crippen LogP contribution in [-0.4, -0.2) is 17.0 Å². The zero-order chi connectivity index (χ0) is 13.4. The molecule has 96 valence electrons. The second-order valence-electron chi connectivity index (χ2n) is 3.95. The molecule has 2 heterocycles. The molecule has 1 N–H and O–H groups in total. The summed E-state index contributed by atoms with van der Waals surface area (Å²) in [5.74, 6) is 0.964. The number of halogens is 2. The van der Waals surface area contributed by atoms with Crippen LogP contribution in [0.4, 0.5) is 10.2 Å². The molecule has 0 unspecified atom stereocenters. The van der Waals surface area contributed by atoms with Crippen molar-refractivity contribution in [1.29, 1.82) is 0 Å². The van der Waals surface area contributed by atoms with E-state index in [1.165, 1.54) is 12.1 Å². The highest BCUT2D eigenvalue weighted by atomic mass is 79.9. The van der Waals surface area contributed by atoms with Crippen LogP contribution in [0.2, 0.25) is 0 Å². The van der Waals surface area contributed by atoms with Gasteiger partial charge in [-0.05, 0) is 40.2 Å². The third-order valence-electron chi connectivity index (χ3n) is 2.72. The van der Waals surface area contributed by atoms with Gasteiger partial charge < -0.3 is 5.32 Å². The lowest BCUT2D eigenvalue weighted by atomic mass is 10.2. The Bertz CT molecular complexity index is 757. The van der Waals surface area contributed by atoms with Crippen molar-refractivity contribution in [2.75, 3.05) is 12.4 Å². The maximum Gasteiger partial charge on any atom is 0.163 e. The van der Waals surface area contributed by atoms with Gasteiger partial charge in [-0.1, -0.05) is 0 Å². The third-order valence-corrected chi connectivity index (χ3v) is 4.22. The highest BCUT2D eigenvalue weighted by Gasteiger charge is 2.10. The van der Waals surface area contributed by atoms with Crippen LogP contribution in [0, 0.1) is 5.82 Å². The zero-order valence-corrected chi connectivity index (χ0v) is 12.3. The van der Waals surface area contributed by atoms with E-state index in [9.17, 15) is 4.39 Å². The summed E-state index contributed by atoms with van der Waals surface area (Å²) < 4.78 is 14.3. The minimum atomic E-state index is -0.293. The Morgan fingerprint density at radius 3 is 2.79 bits per heavy atom.